The molecule has 0 radical (unpaired) electrons. The number of aromatic hydroxyl groups is 2. The number of hydrogen-bond donors (Lipinski definition) is 2. The van der Waals surface area contributed by atoms with E-state index in [4.69, 9.17) is 0 Å². The molecule has 0 fully saturated rings. The van der Waals surface area contributed by atoms with Crippen LogP contribution in [0.25, 0.3) is 0 Å². The molecular formula is C31H48O6S2. The minimum atomic E-state index is -4.50. The minimum absolute atomic E-state index is 0.0118. The molecule has 0 aliphatic carbocycles. The van der Waals surface area contributed by atoms with Gasteiger partial charge in [0.05, 0.1) is 9.79 Å². The summed E-state index contributed by atoms with van der Waals surface area (Å²) in [4.78, 5) is -0.316. The molecule has 220 valence electrons. The summed E-state index contributed by atoms with van der Waals surface area (Å²) in [6.07, 6.45) is 0. The van der Waals surface area contributed by atoms with Crippen molar-refractivity contribution in [3.8, 4) is 11.5 Å². The van der Waals surface area contributed by atoms with E-state index in [1.54, 1.807) is 0 Å². The lowest BCUT2D eigenvalue weighted by molar-refractivity contribution is 0.421. The fraction of sp³-hybridized carbons (Fsp3) is 0.613. The van der Waals surface area contributed by atoms with Crippen molar-refractivity contribution in [2.45, 2.75) is 132 Å². The Bertz CT molecular complexity index is 1300. The lowest BCUT2D eigenvalue weighted by atomic mass is 9.79. The van der Waals surface area contributed by atoms with E-state index >= 15 is 0 Å². The highest BCUT2D eigenvalue weighted by Crippen LogP contribution is 2.46. The topological polar surface area (TPSA) is 109 Å². The fourth-order valence-electron chi connectivity index (χ4n) is 4.53. The van der Waals surface area contributed by atoms with Crippen LogP contribution in [0.5, 0.6) is 11.5 Å². The molecule has 39 heavy (non-hydrogen) atoms. The molecule has 8 heteroatoms. The van der Waals surface area contributed by atoms with Crippen LogP contribution in [-0.2, 0) is 41.3 Å². The largest absolute Gasteiger partial charge is 0.507 e. The third-order valence-corrected chi connectivity index (χ3v) is 12.9. The zero-order valence-electron chi connectivity index (χ0n) is 26.2. The Balaban J connectivity index is 2.98. The molecule has 0 bridgehead atoms. The third-order valence-electron chi connectivity index (χ3n) is 7.31. The van der Waals surface area contributed by atoms with Crippen molar-refractivity contribution >= 4 is 19.7 Å². The van der Waals surface area contributed by atoms with Crippen molar-refractivity contribution in [1.82, 2.24) is 0 Å². The summed E-state index contributed by atoms with van der Waals surface area (Å²) in [5, 5.41) is 22.2. The molecule has 2 N–H and O–H groups in total. The molecule has 2 rings (SSSR count). The summed E-state index contributed by atoms with van der Waals surface area (Å²) in [5.74, 6) is 0.0237. The van der Waals surface area contributed by atoms with Gasteiger partial charge in [0.25, 0.3) is 0 Å². The van der Waals surface area contributed by atoms with Crippen LogP contribution < -0.4 is 0 Å². The fourth-order valence-corrected chi connectivity index (χ4v) is 8.49. The molecule has 0 heterocycles. The van der Waals surface area contributed by atoms with Gasteiger partial charge in [-0.1, -0.05) is 83.1 Å². The van der Waals surface area contributed by atoms with Crippen LogP contribution in [0.4, 0.5) is 0 Å². The van der Waals surface area contributed by atoms with Gasteiger partial charge in [-0.05, 0) is 59.8 Å². The van der Waals surface area contributed by atoms with Crippen molar-refractivity contribution in [2.75, 3.05) is 0 Å². The van der Waals surface area contributed by atoms with Crippen LogP contribution >= 0.6 is 0 Å². The molecule has 0 amide bonds. The standard InChI is InChI=1S/C31H48O6S2/c1-27(2,3)21-15-19(16-22(25(21)32)28(4,5)6)38(34,35)31(13,14)39(36,37)20-17-23(29(7,8)9)26(33)24(18-20)30(10,11)12/h15-18,32-33H,1-14H3. The average Bonchev–Trinajstić information content (AvgIpc) is 2.69. The molecule has 0 spiro atoms. The van der Waals surface area contributed by atoms with Gasteiger partial charge in [0.1, 0.15) is 11.5 Å². The highest BCUT2D eigenvalue weighted by molar-refractivity contribution is 8.10. The summed E-state index contributed by atoms with van der Waals surface area (Å²) in [6.45, 7) is 24.8. The van der Waals surface area contributed by atoms with Crippen LogP contribution in [0.3, 0.4) is 0 Å². The predicted molar refractivity (Wildman–Crippen MR) is 159 cm³/mol. The van der Waals surface area contributed by atoms with Crippen molar-refractivity contribution in [2.24, 2.45) is 0 Å². The zero-order chi connectivity index (χ0) is 30.9. The SMILES string of the molecule is CC(C)(C)c1cc(S(=O)(=O)C(C)(C)S(=O)(=O)c2cc(C(C)(C)C)c(O)c(C(C)(C)C)c2)cc(C(C)(C)C)c1O. The second kappa shape index (κ2) is 9.51. The maximum atomic E-state index is 14.3. The molecule has 2 aromatic carbocycles. The average molecular weight is 581 g/mol. The Morgan fingerprint density at radius 3 is 0.769 bits per heavy atom. The predicted octanol–water partition coefficient (Wildman–Crippen LogP) is 7.27. The van der Waals surface area contributed by atoms with Gasteiger partial charge in [-0.3, -0.25) is 0 Å². The Kier molecular flexibility index (Phi) is 8.08. The van der Waals surface area contributed by atoms with Gasteiger partial charge in [0.2, 0.25) is 0 Å². The second-order valence-corrected chi connectivity index (χ2v) is 20.4. The number of sulfone groups is 2. The molecule has 2 aromatic rings. The van der Waals surface area contributed by atoms with E-state index in [1.165, 1.54) is 38.1 Å². The van der Waals surface area contributed by atoms with Gasteiger partial charge in [-0.25, -0.2) is 16.8 Å². The Labute approximate surface area is 236 Å². The molecule has 0 unspecified atom stereocenters. The molecular weight excluding hydrogens is 532 g/mol. The first-order valence-electron chi connectivity index (χ1n) is 13.2. The minimum Gasteiger partial charge on any atom is -0.507 e. The number of phenols is 2. The second-order valence-electron chi connectivity index (χ2n) is 15.1. The first-order chi connectivity index (χ1) is 17.0. The normalized spacial score (nSPS) is 14.5. The molecule has 0 atom stereocenters. The summed E-state index contributed by atoms with van der Waals surface area (Å²) in [6, 6.07) is 5.59. The maximum Gasteiger partial charge on any atom is 0.198 e. The summed E-state index contributed by atoms with van der Waals surface area (Å²) >= 11 is 0. The van der Waals surface area contributed by atoms with Crippen LogP contribution in [0.1, 0.15) is 119 Å². The Morgan fingerprint density at radius 1 is 0.436 bits per heavy atom. The summed E-state index contributed by atoms with van der Waals surface area (Å²) in [7, 11) is -8.99. The van der Waals surface area contributed by atoms with Gasteiger partial charge in [0.15, 0.2) is 23.8 Å². The van der Waals surface area contributed by atoms with Gasteiger partial charge in [0, 0.05) is 22.3 Å². The van der Waals surface area contributed by atoms with E-state index in [-0.39, 0.29) is 21.3 Å². The van der Waals surface area contributed by atoms with E-state index in [0.29, 0.717) is 22.3 Å². The van der Waals surface area contributed by atoms with Crippen molar-refractivity contribution < 1.29 is 27.0 Å². The van der Waals surface area contributed by atoms with Crippen molar-refractivity contribution in [1.29, 1.82) is 0 Å². The van der Waals surface area contributed by atoms with Gasteiger partial charge in [-0.15, -0.1) is 0 Å². The van der Waals surface area contributed by atoms with Crippen LogP contribution in [0.2, 0.25) is 0 Å². The van der Waals surface area contributed by atoms with E-state index < -0.39 is 45.4 Å². The van der Waals surface area contributed by atoms with E-state index in [2.05, 4.69) is 0 Å². The van der Waals surface area contributed by atoms with Gasteiger partial charge >= 0.3 is 0 Å². The van der Waals surface area contributed by atoms with E-state index in [1.807, 2.05) is 83.1 Å². The summed E-state index contributed by atoms with van der Waals surface area (Å²) in [5.41, 5.74) is -0.685. The van der Waals surface area contributed by atoms with Gasteiger partial charge in [-0.2, -0.15) is 0 Å². The third kappa shape index (κ3) is 5.88. The van der Waals surface area contributed by atoms with Crippen LogP contribution in [-0.4, -0.2) is 31.1 Å². The first kappa shape index (κ1) is 33.1. The van der Waals surface area contributed by atoms with Crippen molar-refractivity contribution in [3.05, 3.63) is 46.5 Å². The lowest BCUT2D eigenvalue weighted by Gasteiger charge is -2.32. The maximum absolute atomic E-state index is 14.3. The molecule has 0 aliphatic rings. The van der Waals surface area contributed by atoms with Crippen LogP contribution in [0, 0.1) is 0 Å². The molecule has 0 aliphatic heterocycles. The molecule has 0 saturated heterocycles. The molecule has 6 nitrogen and oxygen atoms in total. The zero-order valence-corrected chi connectivity index (χ0v) is 27.8. The monoisotopic (exact) mass is 580 g/mol. The number of rotatable bonds is 4. The van der Waals surface area contributed by atoms with Crippen molar-refractivity contribution in [3.63, 3.8) is 0 Å². The Morgan fingerprint density at radius 2 is 0.615 bits per heavy atom. The molecule has 0 aromatic heterocycles. The van der Waals surface area contributed by atoms with E-state index in [9.17, 15) is 27.0 Å². The molecule has 0 saturated carbocycles. The summed E-state index contributed by atoms with van der Waals surface area (Å²) < 4.78 is 54.8. The lowest BCUT2D eigenvalue weighted by Crippen LogP contribution is -2.41. The van der Waals surface area contributed by atoms with Crippen LogP contribution in [0.15, 0.2) is 34.1 Å². The highest BCUT2D eigenvalue weighted by atomic mass is 32.3. The first-order valence-corrected chi connectivity index (χ1v) is 16.2. The number of phenolic OH excluding ortho intramolecular Hbond substituents is 2. The smallest absolute Gasteiger partial charge is 0.198 e. The quantitative estimate of drug-likeness (QED) is 0.394. The highest BCUT2D eigenvalue weighted by Gasteiger charge is 2.50. The van der Waals surface area contributed by atoms with Gasteiger partial charge < -0.3 is 10.2 Å². The number of hydrogen-bond acceptors (Lipinski definition) is 6. The van der Waals surface area contributed by atoms with E-state index in [0.717, 1.165) is 0 Å². The number of benzene rings is 2. The Hall–Kier alpha value is -2.06.